The first-order valence-corrected chi connectivity index (χ1v) is 14.1. The zero-order chi connectivity index (χ0) is 30.2. The van der Waals surface area contributed by atoms with E-state index in [1.54, 1.807) is 19.0 Å². The molecule has 0 radical (unpaired) electrons. The van der Waals surface area contributed by atoms with Crippen LogP contribution in [0.2, 0.25) is 0 Å². The van der Waals surface area contributed by atoms with E-state index in [1.807, 2.05) is 42.7 Å². The van der Waals surface area contributed by atoms with Crippen molar-refractivity contribution in [3.63, 3.8) is 0 Å². The lowest BCUT2D eigenvalue weighted by atomic mass is 9.88. The summed E-state index contributed by atoms with van der Waals surface area (Å²) in [6, 6.07) is 14.1. The highest BCUT2D eigenvalue weighted by Gasteiger charge is 2.21. The Labute approximate surface area is 243 Å². The Morgan fingerprint density at radius 2 is 1.73 bits per heavy atom. The quantitative estimate of drug-likeness (QED) is 0.333. The van der Waals surface area contributed by atoms with Gasteiger partial charge in [-0.3, -0.25) is 14.7 Å². The molecule has 0 spiro atoms. The number of hydrogen-bond acceptors (Lipinski definition) is 5. The first kappa shape index (κ1) is 31.9. The highest BCUT2D eigenvalue weighted by molar-refractivity contribution is 5.93. The van der Waals surface area contributed by atoms with Crippen LogP contribution in [0.5, 0.6) is 0 Å². The van der Waals surface area contributed by atoms with E-state index in [9.17, 15) is 13.6 Å². The van der Waals surface area contributed by atoms with E-state index >= 15 is 0 Å². The van der Waals surface area contributed by atoms with Gasteiger partial charge in [-0.25, -0.2) is 13.8 Å². The Hall–Kier alpha value is -3.65. The van der Waals surface area contributed by atoms with Gasteiger partial charge in [0.1, 0.15) is 5.82 Å². The van der Waals surface area contributed by atoms with E-state index in [0.717, 1.165) is 67.3 Å². The number of pyridine rings is 2. The van der Waals surface area contributed by atoms with Crippen molar-refractivity contribution in [3.8, 4) is 11.1 Å². The van der Waals surface area contributed by atoms with E-state index in [1.165, 1.54) is 18.1 Å². The van der Waals surface area contributed by atoms with Crippen LogP contribution in [0, 0.1) is 6.92 Å². The maximum Gasteiger partial charge on any atom is 0.253 e. The number of piperidine rings is 1. The summed E-state index contributed by atoms with van der Waals surface area (Å²) in [5.74, 6) is -1.34. The standard InChI is InChI=1S/C29H35N5O.C4H8F2/c1-20(17-27-21(2)31-14-11-26(27)25-9-10-28(30)32-18-25)19-34-15-12-23(13-16-34)22-5-7-24(8-6-22)29(35)33(3)4;1-3-4(2,5)6/h5-11,14,17-18,23H,12-13,15-16,19H2,1-4H3,(H2,30,32);3H2,1-2H3/b20-17+;. The number of halogens is 2. The van der Waals surface area contributed by atoms with Crippen molar-refractivity contribution in [2.45, 2.75) is 58.8 Å². The molecule has 1 fully saturated rings. The lowest BCUT2D eigenvalue weighted by Gasteiger charge is -2.32. The lowest BCUT2D eigenvalue weighted by Crippen LogP contribution is -2.34. The van der Waals surface area contributed by atoms with Gasteiger partial charge in [-0.05, 0) is 94.1 Å². The van der Waals surface area contributed by atoms with E-state index in [0.29, 0.717) is 11.7 Å². The average molecular weight is 564 g/mol. The number of aromatic nitrogens is 2. The summed E-state index contributed by atoms with van der Waals surface area (Å²) in [5.41, 5.74) is 13.5. The van der Waals surface area contributed by atoms with Crippen molar-refractivity contribution < 1.29 is 13.6 Å². The summed E-state index contributed by atoms with van der Waals surface area (Å²) in [7, 11) is 3.57. The van der Waals surface area contributed by atoms with Gasteiger partial charge in [-0.2, -0.15) is 0 Å². The predicted octanol–water partition coefficient (Wildman–Crippen LogP) is 7.07. The summed E-state index contributed by atoms with van der Waals surface area (Å²) in [6.45, 7) is 9.69. The highest BCUT2D eigenvalue weighted by atomic mass is 19.3. The minimum Gasteiger partial charge on any atom is -0.384 e. The summed E-state index contributed by atoms with van der Waals surface area (Å²) >= 11 is 0. The monoisotopic (exact) mass is 563 g/mol. The van der Waals surface area contributed by atoms with Crippen LogP contribution >= 0.6 is 0 Å². The summed E-state index contributed by atoms with van der Waals surface area (Å²) in [5, 5.41) is 0. The van der Waals surface area contributed by atoms with Crippen LogP contribution in [0.1, 0.15) is 73.1 Å². The Balaban J connectivity index is 0.000000696. The number of rotatable bonds is 7. The van der Waals surface area contributed by atoms with Gasteiger partial charge in [0.05, 0.1) is 0 Å². The Bertz CT molecular complexity index is 1310. The molecule has 0 aliphatic carbocycles. The number of likely N-dealkylation sites (tertiary alicyclic amines) is 1. The van der Waals surface area contributed by atoms with Crippen molar-refractivity contribution in [3.05, 3.63) is 82.8 Å². The molecule has 3 aromatic rings. The third-order valence-electron chi connectivity index (χ3n) is 7.39. The fourth-order valence-electron chi connectivity index (χ4n) is 4.80. The number of carbonyl (C=O) groups is 1. The summed E-state index contributed by atoms with van der Waals surface area (Å²) in [4.78, 5) is 25.1. The average Bonchev–Trinajstić information content (AvgIpc) is 2.94. The molecule has 0 bridgehead atoms. The van der Waals surface area contributed by atoms with Crippen LogP contribution in [0.25, 0.3) is 17.2 Å². The Morgan fingerprint density at radius 3 is 2.27 bits per heavy atom. The van der Waals surface area contributed by atoms with Gasteiger partial charge >= 0.3 is 0 Å². The van der Waals surface area contributed by atoms with Crippen LogP contribution in [0.4, 0.5) is 14.6 Å². The van der Waals surface area contributed by atoms with Crippen LogP contribution < -0.4 is 5.73 Å². The minimum absolute atomic E-state index is 0.0494. The second-order valence-corrected chi connectivity index (χ2v) is 11.1. The normalized spacial score (nSPS) is 14.8. The molecule has 1 aliphatic rings. The number of nitrogen functional groups attached to an aromatic ring is 1. The van der Waals surface area contributed by atoms with Crippen LogP contribution in [-0.2, 0) is 0 Å². The van der Waals surface area contributed by atoms with Gasteiger partial charge in [0.2, 0.25) is 5.92 Å². The smallest absolute Gasteiger partial charge is 0.253 e. The molecule has 1 aromatic carbocycles. The van der Waals surface area contributed by atoms with Gasteiger partial charge in [0, 0.05) is 61.8 Å². The maximum atomic E-state index is 12.1. The Kier molecular flexibility index (Phi) is 11.1. The second-order valence-electron chi connectivity index (χ2n) is 11.1. The number of anilines is 1. The molecule has 0 unspecified atom stereocenters. The zero-order valence-corrected chi connectivity index (χ0v) is 25.1. The van der Waals surface area contributed by atoms with Gasteiger partial charge < -0.3 is 10.6 Å². The highest BCUT2D eigenvalue weighted by Crippen LogP contribution is 2.30. The topological polar surface area (TPSA) is 75.3 Å². The largest absolute Gasteiger partial charge is 0.384 e. The first-order valence-electron chi connectivity index (χ1n) is 14.1. The first-order chi connectivity index (χ1) is 19.4. The van der Waals surface area contributed by atoms with Crippen LogP contribution in [0.15, 0.2) is 60.4 Å². The van der Waals surface area contributed by atoms with E-state index in [4.69, 9.17) is 5.73 Å². The molecule has 1 aliphatic heterocycles. The molecule has 3 heterocycles. The number of hydrogen-bond donors (Lipinski definition) is 1. The maximum absolute atomic E-state index is 12.1. The third kappa shape index (κ3) is 9.46. The fourth-order valence-corrected chi connectivity index (χ4v) is 4.80. The van der Waals surface area contributed by atoms with Gasteiger partial charge in [-0.1, -0.05) is 30.7 Å². The van der Waals surface area contributed by atoms with Crippen molar-refractivity contribution in [1.29, 1.82) is 0 Å². The molecule has 6 nitrogen and oxygen atoms in total. The molecule has 1 saturated heterocycles. The van der Waals surface area contributed by atoms with Crippen LogP contribution in [-0.4, -0.2) is 65.3 Å². The Morgan fingerprint density at radius 1 is 1.10 bits per heavy atom. The van der Waals surface area contributed by atoms with Crippen molar-refractivity contribution >= 4 is 17.8 Å². The minimum atomic E-state index is -2.46. The number of carbonyl (C=O) groups excluding carboxylic acids is 1. The molecule has 2 N–H and O–H groups in total. The lowest BCUT2D eigenvalue weighted by molar-refractivity contribution is 0.0181. The van der Waals surface area contributed by atoms with Gasteiger partial charge in [0.25, 0.3) is 5.91 Å². The second kappa shape index (κ2) is 14.3. The molecular weight excluding hydrogens is 520 g/mol. The zero-order valence-electron chi connectivity index (χ0n) is 25.1. The molecule has 41 heavy (non-hydrogen) atoms. The molecule has 220 valence electrons. The van der Waals surface area contributed by atoms with E-state index in [2.05, 4.69) is 46.9 Å². The molecular formula is C33H43F2N5O. The summed E-state index contributed by atoms with van der Waals surface area (Å²) < 4.78 is 22.9. The molecule has 4 rings (SSSR count). The molecule has 2 aromatic heterocycles. The van der Waals surface area contributed by atoms with Gasteiger partial charge in [0.15, 0.2) is 0 Å². The number of benzene rings is 1. The molecule has 0 saturated carbocycles. The fraction of sp³-hybridized carbons (Fsp3) is 0.424. The number of amides is 1. The SMILES string of the molecule is C/C(=C\c1c(-c2ccc(N)nc2)ccnc1C)CN1CCC(c2ccc(C(=O)N(C)C)cc2)CC1.CCC(C)(F)F. The summed E-state index contributed by atoms with van der Waals surface area (Å²) in [6.07, 6.45) is 8.13. The van der Waals surface area contributed by atoms with E-state index < -0.39 is 5.92 Å². The van der Waals surface area contributed by atoms with Crippen molar-refractivity contribution in [2.24, 2.45) is 0 Å². The molecule has 1 amide bonds. The third-order valence-corrected chi connectivity index (χ3v) is 7.39. The van der Waals surface area contributed by atoms with Gasteiger partial charge in [-0.15, -0.1) is 0 Å². The molecule has 8 heteroatoms. The number of aryl methyl sites for hydroxylation is 1. The van der Waals surface area contributed by atoms with E-state index in [-0.39, 0.29) is 12.3 Å². The number of nitrogens with zero attached hydrogens (tertiary/aromatic N) is 4. The number of nitrogens with two attached hydrogens (primary N) is 1. The van der Waals surface area contributed by atoms with Crippen molar-refractivity contribution in [2.75, 3.05) is 39.5 Å². The number of alkyl halides is 2. The van der Waals surface area contributed by atoms with Crippen LogP contribution in [0.3, 0.4) is 0 Å². The predicted molar refractivity (Wildman–Crippen MR) is 164 cm³/mol. The molecule has 0 atom stereocenters. The van der Waals surface area contributed by atoms with Crippen molar-refractivity contribution in [1.82, 2.24) is 19.8 Å².